The molecule has 0 heterocycles. The molecular weight excluding hydrogens is 246 g/mol. The van der Waals surface area contributed by atoms with Gasteiger partial charge >= 0.3 is 0 Å². The van der Waals surface area contributed by atoms with Gasteiger partial charge in [-0.3, -0.25) is 0 Å². The summed E-state index contributed by atoms with van der Waals surface area (Å²) in [5, 5.41) is 4.28. The van der Waals surface area contributed by atoms with Crippen LogP contribution in [0, 0.1) is 0 Å². The second kappa shape index (κ2) is 8.52. The van der Waals surface area contributed by atoms with Gasteiger partial charge in [0.1, 0.15) is 0 Å². The molecule has 0 aliphatic heterocycles. The van der Waals surface area contributed by atoms with E-state index in [4.69, 9.17) is 16.3 Å². The largest absolute Gasteiger partial charge is 0.382 e. The molecule has 0 amide bonds. The molecular formula is C15H24ClNO. The molecule has 0 aromatic heterocycles. The molecule has 1 rings (SSSR count). The van der Waals surface area contributed by atoms with E-state index in [1.807, 2.05) is 12.1 Å². The summed E-state index contributed by atoms with van der Waals surface area (Å²) in [6.45, 7) is 6.35. The van der Waals surface area contributed by atoms with E-state index in [1.54, 1.807) is 7.11 Å². The maximum absolute atomic E-state index is 5.94. The molecule has 2 unspecified atom stereocenters. The number of nitrogens with one attached hydrogen (secondary N) is 1. The zero-order valence-corrected chi connectivity index (χ0v) is 12.3. The molecule has 3 heteroatoms. The van der Waals surface area contributed by atoms with E-state index in [0.717, 1.165) is 31.0 Å². The second-order valence-electron chi connectivity index (χ2n) is 4.73. The van der Waals surface area contributed by atoms with Gasteiger partial charge in [0.2, 0.25) is 0 Å². The van der Waals surface area contributed by atoms with Crippen LogP contribution >= 0.6 is 11.6 Å². The Morgan fingerprint density at radius 3 is 2.50 bits per heavy atom. The van der Waals surface area contributed by atoms with E-state index in [1.165, 1.54) is 5.56 Å². The van der Waals surface area contributed by atoms with Crippen molar-refractivity contribution in [1.82, 2.24) is 5.32 Å². The molecule has 1 aromatic rings. The van der Waals surface area contributed by atoms with Crippen molar-refractivity contribution >= 4 is 11.6 Å². The minimum atomic E-state index is 0.272. The van der Waals surface area contributed by atoms with E-state index >= 15 is 0 Å². The van der Waals surface area contributed by atoms with Gasteiger partial charge in [0.15, 0.2) is 0 Å². The zero-order valence-electron chi connectivity index (χ0n) is 11.6. The predicted molar refractivity (Wildman–Crippen MR) is 78.4 cm³/mol. The van der Waals surface area contributed by atoms with E-state index in [9.17, 15) is 0 Å². The van der Waals surface area contributed by atoms with Crippen LogP contribution in [0.4, 0.5) is 0 Å². The van der Waals surface area contributed by atoms with Crippen LogP contribution < -0.4 is 5.32 Å². The lowest BCUT2D eigenvalue weighted by Gasteiger charge is -2.21. The fraction of sp³-hybridized carbons (Fsp3) is 0.600. The summed E-state index contributed by atoms with van der Waals surface area (Å²) in [4.78, 5) is 0. The SMILES string of the molecule is CCCNCC(CC(C)OC)c1ccc(Cl)cc1. The molecule has 0 spiro atoms. The third-order valence-corrected chi connectivity index (χ3v) is 3.43. The molecule has 0 fully saturated rings. The molecule has 18 heavy (non-hydrogen) atoms. The number of halogens is 1. The Morgan fingerprint density at radius 1 is 1.28 bits per heavy atom. The molecule has 0 bridgehead atoms. The number of methoxy groups -OCH3 is 1. The van der Waals surface area contributed by atoms with Gasteiger partial charge in [-0.2, -0.15) is 0 Å². The van der Waals surface area contributed by atoms with Crippen molar-refractivity contribution < 1.29 is 4.74 Å². The number of rotatable bonds is 8. The van der Waals surface area contributed by atoms with Crippen LogP contribution in [0.1, 0.15) is 38.2 Å². The van der Waals surface area contributed by atoms with Crippen LogP contribution in [-0.4, -0.2) is 26.3 Å². The fourth-order valence-corrected chi connectivity index (χ4v) is 2.15. The van der Waals surface area contributed by atoms with Crippen molar-refractivity contribution in [1.29, 1.82) is 0 Å². The van der Waals surface area contributed by atoms with Gasteiger partial charge in [-0.1, -0.05) is 30.7 Å². The van der Waals surface area contributed by atoms with Gasteiger partial charge in [0.25, 0.3) is 0 Å². The van der Waals surface area contributed by atoms with Crippen LogP contribution in [0.2, 0.25) is 5.02 Å². The number of benzene rings is 1. The maximum Gasteiger partial charge on any atom is 0.0549 e. The highest BCUT2D eigenvalue weighted by atomic mass is 35.5. The van der Waals surface area contributed by atoms with Crippen molar-refractivity contribution in [3.8, 4) is 0 Å². The number of hydrogen-bond donors (Lipinski definition) is 1. The first-order valence-electron chi connectivity index (χ1n) is 6.66. The van der Waals surface area contributed by atoms with Gasteiger partial charge in [-0.15, -0.1) is 0 Å². The zero-order chi connectivity index (χ0) is 13.4. The van der Waals surface area contributed by atoms with Crippen LogP contribution in [-0.2, 0) is 4.74 Å². The molecule has 0 aliphatic rings. The van der Waals surface area contributed by atoms with E-state index in [0.29, 0.717) is 5.92 Å². The van der Waals surface area contributed by atoms with Crippen molar-refractivity contribution in [2.24, 2.45) is 0 Å². The van der Waals surface area contributed by atoms with E-state index in [-0.39, 0.29) is 6.10 Å². The Balaban J connectivity index is 2.66. The maximum atomic E-state index is 5.94. The Bertz CT molecular complexity index is 326. The minimum absolute atomic E-state index is 0.272. The Labute approximate surface area is 116 Å². The molecule has 1 N–H and O–H groups in total. The van der Waals surface area contributed by atoms with Gasteiger partial charge in [0.05, 0.1) is 6.10 Å². The summed E-state index contributed by atoms with van der Waals surface area (Å²) < 4.78 is 5.38. The molecule has 0 aliphatic carbocycles. The van der Waals surface area contributed by atoms with Crippen molar-refractivity contribution in [3.63, 3.8) is 0 Å². The smallest absolute Gasteiger partial charge is 0.0549 e. The first-order valence-corrected chi connectivity index (χ1v) is 7.04. The quantitative estimate of drug-likeness (QED) is 0.724. The van der Waals surface area contributed by atoms with Gasteiger partial charge in [-0.05, 0) is 49.9 Å². The van der Waals surface area contributed by atoms with Gasteiger partial charge in [-0.25, -0.2) is 0 Å². The van der Waals surface area contributed by atoms with Gasteiger partial charge in [0, 0.05) is 18.7 Å². The highest BCUT2D eigenvalue weighted by Crippen LogP contribution is 2.23. The lowest BCUT2D eigenvalue weighted by atomic mass is 9.93. The average molecular weight is 270 g/mol. The highest BCUT2D eigenvalue weighted by Gasteiger charge is 2.14. The Kier molecular flexibility index (Phi) is 7.33. The molecule has 1 aromatic carbocycles. The minimum Gasteiger partial charge on any atom is -0.382 e. The molecule has 0 radical (unpaired) electrons. The third kappa shape index (κ3) is 5.38. The van der Waals surface area contributed by atoms with Crippen LogP contribution in [0.15, 0.2) is 24.3 Å². The lowest BCUT2D eigenvalue weighted by molar-refractivity contribution is 0.104. The molecule has 0 saturated heterocycles. The lowest BCUT2D eigenvalue weighted by Crippen LogP contribution is -2.25. The van der Waals surface area contributed by atoms with Crippen molar-refractivity contribution in [2.75, 3.05) is 20.2 Å². The Hall–Kier alpha value is -0.570. The number of hydrogen-bond acceptors (Lipinski definition) is 2. The van der Waals surface area contributed by atoms with Crippen LogP contribution in [0.25, 0.3) is 0 Å². The topological polar surface area (TPSA) is 21.3 Å². The van der Waals surface area contributed by atoms with Crippen molar-refractivity contribution in [3.05, 3.63) is 34.9 Å². The Morgan fingerprint density at radius 2 is 1.94 bits per heavy atom. The summed E-state index contributed by atoms with van der Waals surface area (Å²) in [6, 6.07) is 8.15. The van der Waals surface area contributed by atoms with Crippen molar-refractivity contribution in [2.45, 2.75) is 38.7 Å². The summed E-state index contributed by atoms with van der Waals surface area (Å²) >= 11 is 5.94. The monoisotopic (exact) mass is 269 g/mol. The first-order chi connectivity index (χ1) is 8.67. The number of ether oxygens (including phenoxy) is 1. The average Bonchev–Trinajstić information content (AvgIpc) is 2.38. The van der Waals surface area contributed by atoms with Crippen LogP contribution in [0.3, 0.4) is 0 Å². The standard InChI is InChI=1S/C15H24ClNO/c1-4-9-17-11-14(10-12(2)18-3)13-5-7-15(16)8-6-13/h5-8,12,14,17H,4,9-11H2,1-3H3. The normalized spacial score (nSPS) is 14.4. The summed E-state index contributed by atoms with van der Waals surface area (Å²) in [5.41, 5.74) is 1.33. The predicted octanol–water partition coefficient (Wildman–Crippen LogP) is 3.85. The van der Waals surface area contributed by atoms with Crippen LogP contribution in [0.5, 0.6) is 0 Å². The van der Waals surface area contributed by atoms with E-state index < -0.39 is 0 Å². The molecule has 2 nitrogen and oxygen atoms in total. The summed E-state index contributed by atoms with van der Waals surface area (Å²) in [7, 11) is 1.77. The van der Waals surface area contributed by atoms with E-state index in [2.05, 4.69) is 31.3 Å². The third-order valence-electron chi connectivity index (χ3n) is 3.18. The fourth-order valence-electron chi connectivity index (χ4n) is 2.02. The van der Waals surface area contributed by atoms with Gasteiger partial charge < -0.3 is 10.1 Å². The summed E-state index contributed by atoms with van der Waals surface area (Å²) in [5.74, 6) is 0.476. The highest BCUT2D eigenvalue weighted by molar-refractivity contribution is 6.30. The second-order valence-corrected chi connectivity index (χ2v) is 5.17. The molecule has 2 atom stereocenters. The first kappa shape index (κ1) is 15.5. The summed E-state index contributed by atoms with van der Waals surface area (Å²) in [6.07, 6.45) is 2.45. The molecule has 102 valence electrons. The molecule has 0 saturated carbocycles.